The second-order valence-electron chi connectivity index (χ2n) is 6.45. The third-order valence-corrected chi connectivity index (χ3v) is 4.70. The second kappa shape index (κ2) is 9.47. The lowest BCUT2D eigenvalue weighted by Crippen LogP contribution is -2.30. The number of hydrogen-bond acceptors (Lipinski definition) is 5. The van der Waals surface area contributed by atoms with Gasteiger partial charge in [-0.25, -0.2) is 9.78 Å². The number of amides is 1. The van der Waals surface area contributed by atoms with Gasteiger partial charge in [0.2, 0.25) is 5.89 Å². The summed E-state index contributed by atoms with van der Waals surface area (Å²) in [6, 6.07) is 14.9. The molecular weight excluding hydrogens is 392 g/mol. The summed E-state index contributed by atoms with van der Waals surface area (Å²) in [5.41, 5.74) is 2.53. The van der Waals surface area contributed by atoms with Crippen LogP contribution in [0.4, 0.5) is 4.79 Å². The summed E-state index contributed by atoms with van der Waals surface area (Å²) >= 11 is 5.93. The van der Waals surface area contributed by atoms with Gasteiger partial charge in [-0.1, -0.05) is 23.7 Å². The molecule has 0 saturated heterocycles. The van der Waals surface area contributed by atoms with Crippen LogP contribution in [0.3, 0.4) is 0 Å². The first-order valence-electron chi connectivity index (χ1n) is 9.27. The Hall–Kier alpha value is -2.99. The van der Waals surface area contributed by atoms with E-state index in [1.807, 2.05) is 50.2 Å². The van der Waals surface area contributed by atoms with Crippen molar-refractivity contribution in [2.75, 3.05) is 13.7 Å². The molecule has 2 aromatic carbocycles. The predicted octanol–water partition coefficient (Wildman–Crippen LogP) is 5.47. The molecule has 6 nitrogen and oxygen atoms in total. The fourth-order valence-electron chi connectivity index (χ4n) is 2.82. The molecule has 152 valence electrons. The molecule has 0 unspecified atom stereocenters. The van der Waals surface area contributed by atoms with Crippen molar-refractivity contribution in [1.29, 1.82) is 0 Å². The van der Waals surface area contributed by atoms with Gasteiger partial charge in [0.15, 0.2) is 0 Å². The van der Waals surface area contributed by atoms with Crippen molar-refractivity contribution in [3.63, 3.8) is 0 Å². The van der Waals surface area contributed by atoms with Crippen molar-refractivity contribution in [1.82, 2.24) is 9.88 Å². The summed E-state index contributed by atoms with van der Waals surface area (Å²) in [4.78, 5) is 17.9. The van der Waals surface area contributed by atoms with Crippen LogP contribution in [0.1, 0.15) is 23.9 Å². The summed E-state index contributed by atoms with van der Waals surface area (Å²) in [5, 5.41) is 0.661. The minimum Gasteiger partial charge on any atom is -0.487 e. The van der Waals surface area contributed by atoms with Crippen LogP contribution in [0.15, 0.2) is 52.9 Å². The maximum Gasteiger partial charge on any atom is 0.409 e. The number of hydrogen-bond donors (Lipinski definition) is 0. The van der Waals surface area contributed by atoms with Gasteiger partial charge in [-0.05, 0) is 55.8 Å². The first-order chi connectivity index (χ1) is 14.0. The molecule has 3 rings (SSSR count). The van der Waals surface area contributed by atoms with Gasteiger partial charge in [0.1, 0.15) is 23.8 Å². The normalized spacial score (nSPS) is 10.6. The molecule has 0 saturated carbocycles. The number of aromatic nitrogens is 1. The van der Waals surface area contributed by atoms with Crippen molar-refractivity contribution >= 4 is 17.7 Å². The Labute approximate surface area is 175 Å². The largest absolute Gasteiger partial charge is 0.487 e. The summed E-state index contributed by atoms with van der Waals surface area (Å²) in [6.07, 6.45) is -0.355. The molecule has 0 aliphatic rings. The van der Waals surface area contributed by atoms with E-state index in [0.29, 0.717) is 35.5 Å². The fraction of sp³-hybridized carbons (Fsp3) is 0.273. The third kappa shape index (κ3) is 5.29. The van der Waals surface area contributed by atoms with Crippen LogP contribution >= 0.6 is 11.6 Å². The van der Waals surface area contributed by atoms with Crippen LogP contribution in [0.5, 0.6) is 5.75 Å². The van der Waals surface area contributed by atoms with Crippen LogP contribution in [0, 0.1) is 6.92 Å². The molecule has 0 aliphatic carbocycles. The third-order valence-electron chi connectivity index (χ3n) is 4.45. The number of aryl methyl sites for hydroxylation is 1. The van der Waals surface area contributed by atoms with Crippen molar-refractivity contribution in [2.45, 2.75) is 27.0 Å². The Morgan fingerprint density at radius 3 is 2.66 bits per heavy atom. The van der Waals surface area contributed by atoms with E-state index in [1.165, 1.54) is 7.11 Å². The Morgan fingerprint density at radius 2 is 1.97 bits per heavy atom. The maximum atomic E-state index is 11.8. The average molecular weight is 415 g/mol. The quantitative estimate of drug-likeness (QED) is 0.512. The first kappa shape index (κ1) is 20.7. The topological polar surface area (TPSA) is 64.8 Å². The van der Waals surface area contributed by atoms with Gasteiger partial charge < -0.3 is 18.8 Å². The van der Waals surface area contributed by atoms with E-state index in [2.05, 4.69) is 4.98 Å². The Balaban J connectivity index is 1.67. The van der Waals surface area contributed by atoms with E-state index in [4.69, 9.17) is 25.5 Å². The number of carbonyl (C=O) groups is 1. The number of methoxy groups -OCH3 is 1. The minimum atomic E-state index is -0.355. The number of carbonyl (C=O) groups excluding carboxylic acids is 1. The lowest BCUT2D eigenvalue weighted by Gasteiger charge is -2.19. The molecule has 0 bridgehead atoms. The number of ether oxygens (including phenoxy) is 2. The van der Waals surface area contributed by atoms with Gasteiger partial charge in [0.25, 0.3) is 0 Å². The molecule has 0 fully saturated rings. The summed E-state index contributed by atoms with van der Waals surface area (Å²) in [6.45, 7) is 5.05. The highest BCUT2D eigenvalue weighted by Crippen LogP contribution is 2.24. The molecule has 3 aromatic rings. The maximum absolute atomic E-state index is 11.8. The Kier molecular flexibility index (Phi) is 6.77. The highest BCUT2D eigenvalue weighted by Gasteiger charge is 2.14. The number of oxazole rings is 1. The molecule has 29 heavy (non-hydrogen) atoms. The lowest BCUT2D eigenvalue weighted by molar-refractivity contribution is 0.123. The number of halogens is 1. The van der Waals surface area contributed by atoms with Crippen molar-refractivity contribution < 1.29 is 18.7 Å². The van der Waals surface area contributed by atoms with Crippen molar-refractivity contribution in [3.05, 3.63) is 70.6 Å². The van der Waals surface area contributed by atoms with Crippen LogP contribution in [-0.4, -0.2) is 29.6 Å². The van der Waals surface area contributed by atoms with E-state index in [1.54, 1.807) is 17.0 Å². The summed E-state index contributed by atoms with van der Waals surface area (Å²) < 4.78 is 16.5. The van der Waals surface area contributed by atoms with Gasteiger partial charge in [-0.15, -0.1) is 0 Å². The number of benzene rings is 2. The highest BCUT2D eigenvalue weighted by molar-refractivity contribution is 6.30. The molecule has 0 aliphatic heterocycles. The van der Waals surface area contributed by atoms with E-state index in [9.17, 15) is 4.79 Å². The smallest absolute Gasteiger partial charge is 0.409 e. The molecule has 0 spiro atoms. The van der Waals surface area contributed by atoms with Crippen molar-refractivity contribution in [3.8, 4) is 17.2 Å². The molecular formula is C22H23ClN2O4. The van der Waals surface area contributed by atoms with Gasteiger partial charge in [0, 0.05) is 23.7 Å². The van der Waals surface area contributed by atoms with Gasteiger partial charge >= 0.3 is 6.09 Å². The fourth-order valence-corrected chi connectivity index (χ4v) is 2.94. The van der Waals surface area contributed by atoms with Crippen LogP contribution in [-0.2, 0) is 17.9 Å². The van der Waals surface area contributed by atoms with E-state index < -0.39 is 0 Å². The SMILES string of the molecule is CCN(Cc1cccc(OCc2nc(-c3ccc(Cl)cc3)oc2C)c1)C(=O)OC. The number of rotatable bonds is 7. The monoisotopic (exact) mass is 414 g/mol. The second-order valence-corrected chi connectivity index (χ2v) is 6.89. The Bertz CT molecular complexity index is 969. The molecule has 0 N–H and O–H groups in total. The molecule has 0 radical (unpaired) electrons. The minimum absolute atomic E-state index is 0.279. The average Bonchev–Trinajstić information content (AvgIpc) is 3.11. The molecule has 1 heterocycles. The van der Waals surface area contributed by atoms with Crippen LogP contribution in [0.2, 0.25) is 5.02 Å². The molecule has 7 heteroatoms. The predicted molar refractivity (Wildman–Crippen MR) is 111 cm³/mol. The zero-order valence-electron chi connectivity index (χ0n) is 16.6. The van der Waals surface area contributed by atoms with Crippen LogP contribution < -0.4 is 4.74 Å². The van der Waals surface area contributed by atoms with Crippen molar-refractivity contribution in [2.24, 2.45) is 0 Å². The lowest BCUT2D eigenvalue weighted by atomic mass is 10.2. The number of nitrogens with zero attached hydrogens (tertiary/aromatic N) is 2. The van der Waals surface area contributed by atoms with Crippen LogP contribution in [0.25, 0.3) is 11.5 Å². The van der Waals surface area contributed by atoms with E-state index in [0.717, 1.165) is 16.8 Å². The molecule has 0 atom stereocenters. The summed E-state index contributed by atoms with van der Waals surface area (Å²) in [7, 11) is 1.38. The van der Waals surface area contributed by atoms with E-state index in [-0.39, 0.29) is 12.7 Å². The van der Waals surface area contributed by atoms with Gasteiger partial charge in [0.05, 0.1) is 7.11 Å². The molecule has 1 amide bonds. The zero-order chi connectivity index (χ0) is 20.8. The standard InChI is InChI=1S/C22H23ClN2O4/c1-4-25(22(26)27-3)13-16-6-5-7-19(12-16)28-14-20-15(2)29-21(24-20)17-8-10-18(23)11-9-17/h5-12H,4,13-14H2,1-3H3. The first-order valence-corrected chi connectivity index (χ1v) is 9.64. The summed E-state index contributed by atoms with van der Waals surface area (Å²) in [5.74, 6) is 1.93. The zero-order valence-corrected chi connectivity index (χ0v) is 17.4. The van der Waals surface area contributed by atoms with Gasteiger partial charge in [-0.3, -0.25) is 0 Å². The Morgan fingerprint density at radius 1 is 1.21 bits per heavy atom. The van der Waals surface area contributed by atoms with Gasteiger partial charge in [-0.2, -0.15) is 0 Å². The highest BCUT2D eigenvalue weighted by atomic mass is 35.5. The molecule has 1 aromatic heterocycles. The van der Waals surface area contributed by atoms with E-state index >= 15 is 0 Å².